The van der Waals surface area contributed by atoms with Gasteiger partial charge in [0.2, 0.25) is 0 Å². The highest BCUT2D eigenvalue weighted by Gasteiger charge is 2.19. The maximum atomic E-state index is 12.3. The first kappa shape index (κ1) is 18.8. The van der Waals surface area contributed by atoms with Crippen LogP contribution in [0.3, 0.4) is 0 Å². The molecule has 0 atom stereocenters. The number of pyridine rings is 1. The number of ether oxygens (including phenoxy) is 2. The summed E-state index contributed by atoms with van der Waals surface area (Å²) in [6.45, 7) is 3.28. The third-order valence-corrected chi connectivity index (χ3v) is 4.04. The van der Waals surface area contributed by atoms with E-state index in [1.807, 2.05) is 48.5 Å². The Balaban J connectivity index is 1.66. The zero-order valence-corrected chi connectivity index (χ0v) is 15.4. The predicted molar refractivity (Wildman–Crippen MR) is 102 cm³/mol. The van der Waals surface area contributed by atoms with Crippen LogP contribution in [0.5, 0.6) is 0 Å². The van der Waals surface area contributed by atoms with Crippen LogP contribution < -0.4 is 0 Å². The third kappa shape index (κ3) is 5.01. The van der Waals surface area contributed by atoms with Crippen LogP contribution in [0, 0.1) is 0 Å². The van der Waals surface area contributed by atoms with E-state index in [9.17, 15) is 4.79 Å². The normalized spacial score (nSPS) is 10.7. The van der Waals surface area contributed by atoms with Gasteiger partial charge >= 0.3 is 5.97 Å². The second-order valence-corrected chi connectivity index (χ2v) is 5.97. The molecule has 0 bridgehead atoms. The molecule has 0 unspecified atom stereocenters. The fraction of sp³-hybridized carbons (Fsp3) is 0.286. The van der Waals surface area contributed by atoms with Gasteiger partial charge in [-0.3, -0.25) is 0 Å². The van der Waals surface area contributed by atoms with Gasteiger partial charge in [-0.25, -0.2) is 14.5 Å². The minimum atomic E-state index is -0.361. The van der Waals surface area contributed by atoms with E-state index in [0.29, 0.717) is 37.6 Å². The highest BCUT2D eigenvalue weighted by atomic mass is 16.5. The Hall–Kier alpha value is -2.99. The molecule has 0 radical (unpaired) electrons. The Bertz CT molecular complexity index is 848. The summed E-state index contributed by atoms with van der Waals surface area (Å²) < 4.78 is 12.6. The Labute approximate surface area is 158 Å². The lowest BCUT2D eigenvalue weighted by Crippen LogP contribution is -2.11. The van der Waals surface area contributed by atoms with Crippen molar-refractivity contribution in [1.29, 1.82) is 0 Å². The van der Waals surface area contributed by atoms with Gasteiger partial charge in [0.25, 0.3) is 0 Å². The number of benzene rings is 1. The number of carbonyl (C=O) groups excluding carboxylic acids is 1. The maximum Gasteiger partial charge on any atom is 0.341 e. The van der Waals surface area contributed by atoms with Gasteiger partial charge in [-0.05, 0) is 37.5 Å². The molecule has 6 nitrogen and oxygen atoms in total. The molecule has 0 saturated heterocycles. The van der Waals surface area contributed by atoms with Crippen molar-refractivity contribution >= 4 is 5.97 Å². The van der Waals surface area contributed by atoms with E-state index in [4.69, 9.17) is 9.47 Å². The number of aromatic nitrogens is 3. The van der Waals surface area contributed by atoms with Gasteiger partial charge in [-0.15, -0.1) is 0 Å². The van der Waals surface area contributed by atoms with Gasteiger partial charge in [0.15, 0.2) is 5.82 Å². The molecular weight excluding hydrogens is 342 g/mol. The lowest BCUT2D eigenvalue weighted by atomic mass is 10.1. The maximum absolute atomic E-state index is 12.3. The molecule has 2 aromatic heterocycles. The third-order valence-electron chi connectivity index (χ3n) is 4.04. The first-order valence-corrected chi connectivity index (χ1v) is 9.06. The van der Waals surface area contributed by atoms with Crippen LogP contribution in [0.25, 0.3) is 5.82 Å². The summed E-state index contributed by atoms with van der Waals surface area (Å²) in [6.07, 6.45) is 4.65. The lowest BCUT2D eigenvalue weighted by Gasteiger charge is -2.09. The van der Waals surface area contributed by atoms with Crippen LogP contribution in [0.1, 0.15) is 35.0 Å². The van der Waals surface area contributed by atoms with E-state index in [1.165, 1.54) is 0 Å². The Kier molecular flexibility index (Phi) is 6.71. The van der Waals surface area contributed by atoms with Crippen LogP contribution in [-0.2, 0) is 22.5 Å². The number of esters is 1. The number of nitrogens with zero attached hydrogens (tertiary/aromatic N) is 3. The Morgan fingerprint density at radius 2 is 1.93 bits per heavy atom. The van der Waals surface area contributed by atoms with E-state index in [2.05, 4.69) is 10.1 Å². The SMILES string of the molecule is CCOC(=O)c1cnn(-c2ccccn2)c1CCCOCc1ccccc1. The number of hydrogen-bond donors (Lipinski definition) is 0. The fourth-order valence-corrected chi connectivity index (χ4v) is 2.78. The second-order valence-electron chi connectivity index (χ2n) is 5.97. The molecule has 1 aromatic carbocycles. The van der Waals surface area contributed by atoms with Gasteiger partial charge in [0.05, 0.1) is 25.1 Å². The largest absolute Gasteiger partial charge is 0.462 e. The summed E-state index contributed by atoms with van der Waals surface area (Å²) in [6, 6.07) is 15.6. The molecule has 0 amide bonds. The number of rotatable bonds is 9. The van der Waals surface area contributed by atoms with Crippen LogP contribution in [0.15, 0.2) is 60.9 Å². The van der Waals surface area contributed by atoms with Crippen molar-refractivity contribution < 1.29 is 14.3 Å². The van der Waals surface area contributed by atoms with E-state index >= 15 is 0 Å². The lowest BCUT2D eigenvalue weighted by molar-refractivity contribution is 0.0524. The molecule has 0 N–H and O–H groups in total. The standard InChI is InChI=1S/C21H23N3O3/c1-2-27-21(25)18-15-23-24(20-12-6-7-13-22-20)19(18)11-8-14-26-16-17-9-4-3-5-10-17/h3-7,9-10,12-13,15H,2,8,11,14,16H2,1H3. The van der Waals surface area contributed by atoms with Gasteiger partial charge in [-0.1, -0.05) is 36.4 Å². The van der Waals surface area contributed by atoms with Gasteiger partial charge in [0, 0.05) is 12.8 Å². The van der Waals surface area contributed by atoms with Crippen molar-refractivity contribution in [2.45, 2.75) is 26.4 Å². The molecule has 0 spiro atoms. The highest BCUT2D eigenvalue weighted by Crippen LogP contribution is 2.17. The van der Waals surface area contributed by atoms with Crippen molar-refractivity contribution in [2.24, 2.45) is 0 Å². The second kappa shape index (κ2) is 9.64. The molecule has 6 heteroatoms. The average Bonchev–Trinajstić information content (AvgIpc) is 3.13. The molecule has 27 heavy (non-hydrogen) atoms. The quantitative estimate of drug-likeness (QED) is 0.428. The Morgan fingerprint density at radius 3 is 2.67 bits per heavy atom. The molecule has 3 rings (SSSR count). The van der Waals surface area contributed by atoms with Crippen molar-refractivity contribution in [3.05, 3.63) is 77.7 Å². The zero-order valence-electron chi connectivity index (χ0n) is 15.4. The van der Waals surface area contributed by atoms with E-state index in [1.54, 1.807) is 24.0 Å². The molecule has 0 aliphatic rings. The van der Waals surface area contributed by atoms with E-state index in [0.717, 1.165) is 17.7 Å². The molecule has 0 aliphatic heterocycles. The molecule has 140 valence electrons. The summed E-state index contributed by atoms with van der Waals surface area (Å²) in [7, 11) is 0. The number of hydrogen-bond acceptors (Lipinski definition) is 5. The summed E-state index contributed by atoms with van der Waals surface area (Å²) in [5.41, 5.74) is 2.41. The summed E-state index contributed by atoms with van der Waals surface area (Å²) >= 11 is 0. The summed E-state index contributed by atoms with van der Waals surface area (Å²) in [5.74, 6) is 0.313. The first-order valence-electron chi connectivity index (χ1n) is 9.06. The van der Waals surface area contributed by atoms with Crippen molar-refractivity contribution in [2.75, 3.05) is 13.2 Å². The van der Waals surface area contributed by atoms with Gasteiger partial charge in [-0.2, -0.15) is 5.10 Å². The fourth-order valence-electron chi connectivity index (χ4n) is 2.78. The van der Waals surface area contributed by atoms with Crippen molar-refractivity contribution in [1.82, 2.24) is 14.8 Å². The highest BCUT2D eigenvalue weighted by molar-refractivity contribution is 5.90. The number of carbonyl (C=O) groups is 1. The minimum absolute atomic E-state index is 0.327. The summed E-state index contributed by atoms with van der Waals surface area (Å²) in [5, 5.41) is 4.35. The van der Waals surface area contributed by atoms with Gasteiger partial charge < -0.3 is 9.47 Å². The van der Waals surface area contributed by atoms with Crippen LogP contribution >= 0.6 is 0 Å². The molecule has 2 heterocycles. The summed E-state index contributed by atoms with van der Waals surface area (Å²) in [4.78, 5) is 16.6. The molecule has 3 aromatic rings. The minimum Gasteiger partial charge on any atom is -0.462 e. The molecular formula is C21H23N3O3. The van der Waals surface area contributed by atoms with Crippen molar-refractivity contribution in [3.8, 4) is 5.82 Å². The van der Waals surface area contributed by atoms with Crippen LogP contribution in [0.2, 0.25) is 0 Å². The van der Waals surface area contributed by atoms with E-state index < -0.39 is 0 Å². The average molecular weight is 365 g/mol. The van der Waals surface area contributed by atoms with Crippen LogP contribution in [-0.4, -0.2) is 33.9 Å². The molecule has 0 fully saturated rings. The predicted octanol–water partition coefficient (Wildman–Crippen LogP) is 3.59. The van der Waals surface area contributed by atoms with Crippen molar-refractivity contribution in [3.63, 3.8) is 0 Å². The molecule has 0 aliphatic carbocycles. The van der Waals surface area contributed by atoms with E-state index in [-0.39, 0.29) is 5.97 Å². The first-order chi connectivity index (χ1) is 13.3. The topological polar surface area (TPSA) is 66.2 Å². The smallest absolute Gasteiger partial charge is 0.341 e. The Morgan fingerprint density at radius 1 is 1.11 bits per heavy atom. The van der Waals surface area contributed by atoms with Gasteiger partial charge in [0.1, 0.15) is 5.56 Å². The molecule has 0 saturated carbocycles. The zero-order chi connectivity index (χ0) is 18.9. The van der Waals surface area contributed by atoms with Crippen LogP contribution in [0.4, 0.5) is 0 Å². The monoisotopic (exact) mass is 365 g/mol.